The number of amides is 1. The molecule has 0 unspecified atom stereocenters. The molecule has 0 bridgehead atoms. The summed E-state index contributed by atoms with van der Waals surface area (Å²) < 4.78 is 9.32. The van der Waals surface area contributed by atoms with Gasteiger partial charge in [-0.3, -0.25) is 4.79 Å². The first kappa shape index (κ1) is 20.4. The predicted molar refractivity (Wildman–Crippen MR) is 124 cm³/mol. The number of benzene rings is 2. The average molecular weight is 454 g/mol. The molecule has 0 saturated heterocycles. The molecule has 9 heteroatoms. The van der Waals surface area contributed by atoms with E-state index in [2.05, 4.69) is 15.6 Å². The lowest BCUT2D eigenvalue weighted by Gasteiger charge is -2.26. The van der Waals surface area contributed by atoms with Crippen LogP contribution in [0.4, 0.5) is 5.69 Å². The first-order valence-electron chi connectivity index (χ1n) is 10.3. The number of aromatic nitrogens is 4. The third-order valence-corrected chi connectivity index (χ3v) is 7.87. The van der Waals surface area contributed by atoms with Gasteiger partial charge in [-0.2, -0.15) is 0 Å². The summed E-state index contributed by atoms with van der Waals surface area (Å²) in [5.74, 6) is 0.812. The number of nitrogens with one attached hydrogen (secondary N) is 1. The van der Waals surface area contributed by atoms with Crippen molar-refractivity contribution in [1.29, 1.82) is 0 Å². The molecule has 1 aliphatic carbocycles. The molecule has 2 aromatic carbocycles. The van der Waals surface area contributed by atoms with Crippen molar-refractivity contribution >= 4 is 55.9 Å². The van der Waals surface area contributed by atoms with Crippen LogP contribution in [0.3, 0.4) is 0 Å². The van der Waals surface area contributed by atoms with Gasteiger partial charge in [0.25, 0.3) is 0 Å². The van der Waals surface area contributed by atoms with Crippen LogP contribution in [-0.4, -0.2) is 39.1 Å². The van der Waals surface area contributed by atoms with Gasteiger partial charge in [-0.1, -0.05) is 29.1 Å². The molecule has 1 saturated carbocycles. The maximum atomic E-state index is 12.7. The predicted octanol–water partition coefficient (Wildman–Crippen LogP) is 4.93. The van der Waals surface area contributed by atoms with Crippen molar-refractivity contribution < 1.29 is 9.53 Å². The fourth-order valence-corrected chi connectivity index (χ4v) is 5.96. The van der Waals surface area contributed by atoms with Gasteiger partial charge in [-0.25, -0.2) is 9.67 Å². The Balaban J connectivity index is 1.24. The number of fused-ring (bicyclic) bond motifs is 2. The van der Waals surface area contributed by atoms with Crippen LogP contribution in [0, 0.1) is 5.92 Å². The highest BCUT2D eigenvalue weighted by Crippen LogP contribution is 2.33. The van der Waals surface area contributed by atoms with Crippen LogP contribution in [0.15, 0.2) is 46.8 Å². The summed E-state index contributed by atoms with van der Waals surface area (Å²) in [6.45, 7) is 0. The molecule has 0 atom stereocenters. The van der Waals surface area contributed by atoms with Crippen LogP contribution >= 0.6 is 23.1 Å². The summed E-state index contributed by atoms with van der Waals surface area (Å²) in [6, 6.07) is 13.8. The van der Waals surface area contributed by atoms with E-state index >= 15 is 0 Å². The number of nitrogens with zero attached hydrogens (tertiary/aromatic N) is 4. The number of carbonyl (C=O) groups excluding carboxylic acids is 1. The molecule has 1 amide bonds. The smallest absolute Gasteiger partial charge is 0.227 e. The van der Waals surface area contributed by atoms with E-state index in [1.807, 2.05) is 47.1 Å². The Hall–Kier alpha value is -2.49. The quantitative estimate of drug-likeness (QED) is 0.417. The fourth-order valence-electron chi connectivity index (χ4n) is 3.98. The molecule has 0 aliphatic heterocycles. The van der Waals surface area contributed by atoms with Crippen molar-refractivity contribution in [2.45, 2.75) is 42.0 Å². The second-order valence-corrected chi connectivity index (χ2v) is 9.93. The van der Waals surface area contributed by atoms with Crippen molar-refractivity contribution in [2.24, 2.45) is 5.92 Å². The van der Waals surface area contributed by atoms with Crippen molar-refractivity contribution in [3.8, 4) is 0 Å². The monoisotopic (exact) mass is 453 g/mol. The van der Waals surface area contributed by atoms with Gasteiger partial charge in [0.2, 0.25) is 5.91 Å². The SMILES string of the molecule is COC1CCC(C(=O)Nc2ccc3nc(SCn4nnc5ccccc54)sc3c2)CC1. The van der Waals surface area contributed by atoms with Gasteiger partial charge in [0, 0.05) is 18.7 Å². The maximum Gasteiger partial charge on any atom is 0.227 e. The van der Waals surface area contributed by atoms with Crippen LogP contribution in [-0.2, 0) is 15.4 Å². The first-order valence-corrected chi connectivity index (χ1v) is 12.1. The Morgan fingerprint density at radius 1 is 1.19 bits per heavy atom. The molecule has 1 N–H and O–H groups in total. The maximum absolute atomic E-state index is 12.7. The van der Waals surface area contributed by atoms with E-state index < -0.39 is 0 Å². The van der Waals surface area contributed by atoms with Crippen LogP contribution in [0.2, 0.25) is 0 Å². The van der Waals surface area contributed by atoms with Gasteiger partial charge in [0.15, 0.2) is 4.34 Å². The Kier molecular flexibility index (Phi) is 5.89. The van der Waals surface area contributed by atoms with Crippen LogP contribution < -0.4 is 5.32 Å². The summed E-state index contributed by atoms with van der Waals surface area (Å²) in [5.41, 5.74) is 3.67. The topological polar surface area (TPSA) is 81.9 Å². The molecular formula is C22H23N5O2S2. The number of thiazole rings is 1. The molecule has 4 aromatic rings. The van der Waals surface area contributed by atoms with Crippen LogP contribution in [0.5, 0.6) is 0 Å². The van der Waals surface area contributed by atoms with Crippen molar-refractivity contribution in [2.75, 3.05) is 12.4 Å². The minimum atomic E-state index is 0.0622. The van der Waals surface area contributed by atoms with E-state index in [-0.39, 0.29) is 11.8 Å². The summed E-state index contributed by atoms with van der Waals surface area (Å²) in [7, 11) is 1.75. The van der Waals surface area contributed by atoms with Gasteiger partial charge in [-0.05, 0) is 56.0 Å². The van der Waals surface area contributed by atoms with E-state index in [0.29, 0.717) is 12.0 Å². The Labute approximate surface area is 188 Å². The van der Waals surface area contributed by atoms with E-state index in [0.717, 1.165) is 57.0 Å². The van der Waals surface area contributed by atoms with Gasteiger partial charge in [0.05, 0.1) is 27.7 Å². The number of anilines is 1. The molecule has 2 aromatic heterocycles. The van der Waals surface area contributed by atoms with Gasteiger partial charge in [0.1, 0.15) is 5.52 Å². The number of hydrogen-bond acceptors (Lipinski definition) is 7. The molecule has 160 valence electrons. The minimum Gasteiger partial charge on any atom is -0.381 e. The Bertz CT molecular complexity index is 1210. The Morgan fingerprint density at radius 3 is 2.87 bits per heavy atom. The van der Waals surface area contributed by atoms with Crippen LogP contribution in [0.1, 0.15) is 25.7 Å². The van der Waals surface area contributed by atoms with Crippen molar-refractivity contribution in [1.82, 2.24) is 20.0 Å². The van der Waals surface area contributed by atoms with Crippen molar-refractivity contribution in [3.63, 3.8) is 0 Å². The zero-order valence-corrected chi connectivity index (χ0v) is 18.8. The lowest BCUT2D eigenvalue weighted by molar-refractivity contribution is -0.121. The number of carbonyl (C=O) groups is 1. The fraction of sp³-hybridized carbons (Fsp3) is 0.364. The average Bonchev–Trinajstić information content (AvgIpc) is 3.41. The van der Waals surface area contributed by atoms with E-state index in [1.165, 1.54) is 0 Å². The minimum absolute atomic E-state index is 0.0622. The van der Waals surface area contributed by atoms with Gasteiger partial charge < -0.3 is 10.1 Å². The summed E-state index contributed by atoms with van der Waals surface area (Å²) >= 11 is 3.26. The molecule has 5 rings (SSSR count). The Morgan fingerprint density at radius 2 is 2.03 bits per heavy atom. The molecule has 31 heavy (non-hydrogen) atoms. The van der Waals surface area contributed by atoms with E-state index in [4.69, 9.17) is 9.72 Å². The van der Waals surface area contributed by atoms with Crippen molar-refractivity contribution in [3.05, 3.63) is 42.5 Å². The lowest BCUT2D eigenvalue weighted by Crippen LogP contribution is -2.29. The van der Waals surface area contributed by atoms with Gasteiger partial charge in [-0.15, -0.1) is 16.4 Å². The van der Waals surface area contributed by atoms with E-state index in [9.17, 15) is 4.79 Å². The third kappa shape index (κ3) is 4.44. The third-order valence-electron chi connectivity index (χ3n) is 5.75. The van der Waals surface area contributed by atoms with Crippen LogP contribution in [0.25, 0.3) is 21.3 Å². The second-order valence-electron chi connectivity index (χ2n) is 7.71. The molecule has 0 spiro atoms. The van der Waals surface area contributed by atoms with E-state index in [1.54, 1.807) is 30.2 Å². The molecule has 1 aliphatic rings. The zero-order valence-electron chi connectivity index (χ0n) is 17.2. The summed E-state index contributed by atoms with van der Waals surface area (Å²) in [4.78, 5) is 17.4. The number of para-hydroxylation sites is 1. The largest absolute Gasteiger partial charge is 0.381 e. The molecule has 1 fully saturated rings. The summed E-state index contributed by atoms with van der Waals surface area (Å²) in [5, 5.41) is 11.5. The lowest BCUT2D eigenvalue weighted by atomic mass is 9.87. The number of rotatable bonds is 6. The standard InChI is InChI=1S/C22H23N5O2S2/c1-29-16-9-6-14(7-10-16)21(28)23-15-8-11-18-20(12-15)31-22(24-18)30-13-27-19-5-3-2-4-17(19)25-26-27/h2-5,8,11-12,14,16H,6-7,9-10,13H2,1H3,(H,23,28). The number of methoxy groups -OCH3 is 1. The molecule has 0 radical (unpaired) electrons. The highest BCUT2D eigenvalue weighted by atomic mass is 32.2. The first-order chi connectivity index (χ1) is 15.2. The van der Waals surface area contributed by atoms with Gasteiger partial charge >= 0.3 is 0 Å². The number of thioether (sulfide) groups is 1. The molecular weight excluding hydrogens is 430 g/mol. The normalized spacial score (nSPS) is 19.1. The highest BCUT2D eigenvalue weighted by Gasteiger charge is 2.26. The number of hydrogen-bond donors (Lipinski definition) is 1. The summed E-state index contributed by atoms with van der Waals surface area (Å²) in [6.07, 6.45) is 3.95. The number of ether oxygens (including phenoxy) is 1. The second kappa shape index (κ2) is 8.94. The molecule has 7 nitrogen and oxygen atoms in total. The molecule has 2 heterocycles. The highest BCUT2D eigenvalue weighted by molar-refractivity contribution is 8.00. The zero-order chi connectivity index (χ0) is 21.2.